The van der Waals surface area contributed by atoms with Crippen molar-refractivity contribution in [2.45, 2.75) is 46.5 Å². The predicted molar refractivity (Wildman–Crippen MR) is 86.3 cm³/mol. The Bertz CT molecular complexity index is 495. The second-order valence-corrected chi connectivity index (χ2v) is 7.42. The molecule has 0 aliphatic carbocycles. The number of allylic oxidation sites excluding steroid dienone is 1. The lowest BCUT2D eigenvalue weighted by Crippen LogP contribution is -2.09. The highest BCUT2D eigenvalue weighted by atomic mass is 31.2. The van der Waals surface area contributed by atoms with Gasteiger partial charge in [0.2, 0.25) is 0 Å². The van der Waals surface area contributed by atoms with E-state index in [0.717, 1.165) is 11.1 Å². The molecule has 0 aromatic heterocycles. The van der Waals surface area contributed by atoms with E-state index in [2.05, 4.69) is 0 Å². The summed E-state index contributed by atoms with van der Waals surface area (Å²) in [7, 11) is -3.12. The van der Waals surface area contributed by atoms with Crippen molar-refractivity contribution in [1.82, 2.24) is 0 Å². The molecular formula is C16H25O4P. The first kappa shape index (κ1) is 18.1. The lowest BCUT2D eigenvalue weighted by atomic mass is 10.1. The van der Waals surface area contributed by atoms with Crippen LogP contribution in [0.15, 0.2) is 30.3 Å². The second-order valence-electron chi connectivity index (χ2n) is 5.41. The molecule has 0 unspecified atom stereocenters. The van der Waals surface area contributed by atoms with E-state index < -0.39 is 7.60 Å². The highest BCUT2D eigenvalue weighted by Crippen LogP contribution is 2.50. The lowest BCUT2D eigenvalue weighted by Gasteiger charge is -2.21. The van der Waals surface area contributed by atoms with Crippen molar-refractivity contribution in [1.29, 1.82) is 0 Å². The Morgan fingerprint density at radius 2 is 1.81 bits per heavy atom. The SMILES string of the molecule is CC(C)OP(=O)(C/C=C/c1cccc(CO)c1)OC(C)C. The first-order valence-electron chi connectivity index (χ1n) is 7.17. The van der Waals surface area contributed by atoms with Crippen LogP contribution in [0, 0.1) is 0 Å². The van der Waals surface area contributed by atoms with Crippen LogP contribution in [0.5, 0.6) is 0 Å². The van der Waals surface area contributed by atoms with Crippen LogP contribution in [-0.4, -0.2) is 23.5 Å². The fourth-order valence-electron chi connectivity index (χ4n) is 1.87. The van der Waals surface area contributed by atoms with E-state index in [0.29, 0.717) is 0 Å². The Labute approximate surface area is 127 Å². The third kappa shape index (κ3) is 7.05. The monoisotopic (exact) mass is 312 g/mol. The fourth-order valence-corrected chi connectivity index (χ4v) is 3.74. The molecule has 0 fully saturated rings. The lowest BCUT2D eigenvalue weighted by molar-refractivity contribution is 0.144. The molecule has 0 amide bonds. The molecule has 0 spiro atoms. The molecular weight excluding hydrogens is 287 g/mol. The Morgan fingerprint density at radius 1 is 1.19 bits per heavy atom. The minimum absolute atomic E-state index is 0.00704. The Balaban J connectivity index is 2.75. The van der Waals surface area contributed by atoms with E-state index in [4.69, 9.17) is 14.2 Å². The van der Waals surface area contributed by atoms with E-state index in [-0.39, 0.29) is 25.0 Å². The summed E-state index contributed by atoms with van der Waals surface area (Å²) in [6, 6.07) is 7.53. The highest BCUT2D eigenvalue weighted by Gasteiger charge is 2.25. The molecule has 0 atom stereocenters. The zero-order valence-corrected chi connectivity index (χ0v) is 14.0. The summed E-state index contributed by atoms with van der Waals surface area (Å²) >= 11 is 0. The first-order valence-corrected chi connectivity index (χ1v) is 8.89. The number of hydrogen-bond acceptors (Lipinski definition) is 4. The Morgan fingerprint density at radius 3 is 2.33 bits per heavy atom. The van der Waals surface area contributed by atoms with Gasteiger partial charge in [0.1, 0.15) is 0 Å². The summed E-state index contributed by atoms with van der Waals surface area (Å²) in [6.45, 7) is 7.36. The van der Waals surface area contributed by atoms with Crippen LogP contribution in [0.2, 0.25) is 0 Å². The van der Waals surface area contributed by atoms with Crippen LogP contribution in [0.3, 0.4) is 0 Å². The normalized spacial score (nSPS) is 12.7. The number of aliphatic hydroxyl groups is 1. The highest BCUT2D eigenvalue weighted by molar-refractivity contribution is 7.54. The minimum Gasteiger partial charge on any atom is -0.392 e. The summed E-state index contributed by atoms with van der Waals surface area (Å²) in [5.74, 6) is 0. The first-order chi connectivity index (χ1) is 9.84. The van der Waals surface area contributed by atoms with Crippen LogP contribution in [0.25, 0.3) is 6.08 Å². The van der Waals surface area contributed by atoms with Gasteiger partial charge in [-0.3, -0.25) is 4.57 Å². The summed E-state index contributed by atoms with van der Waals surface area (Å²) in [5.41, 5.74) is 1.79. The quantitative estimate of drug-likeness (QED) is 0.730. The van der Waals surface area contributed by atoms with Crippen molar-refractivity contribution in [2.24, 2.45) is 0 Å². The third-order valence-corrected chi connectivity index (χ3v) is 4.66. The third-order valence-electron chi connectivity index (χ3n) is 2.52. The molecule has 118 valence electrons. The maximum atomic E-state index is 12.6. The number of benzene rings is 1. The van der Waals surface area contributed by atoms with Crippen molar-refractivity contribution in [3.8, 4) is 0 Å². The van der Waals surface area contributed by atoms with Crippen LogP contribution in [0.4, 0.5) is 0 Å². The summed E-state index contributed by atoms with van der Waals surface area (Å²) in [4.78, 5) is 0. The van der Waals surface area contributed by atoms with E-state index in [9.17, 15) is 4.57 Å². The van der Waals surface area contributed by atoms with Crippen molar-refractivity contribution < 1.29 is 18.7 Å². The standard InChI is InChI=1S/C16H25O4P/c1-13(2)19-21(18,20-14(3)4)10-6-9-15-7-5-8-16(11-15)12-17/h5-9,11,13-14,17H,10,12H2,1-4H3/b9-6+. The van der Waals surface area contributed by atoms with Gasteiger partial charge in [0, 0.05) is 0 Å². The average molecular weight is 312 g/mol. The maximum Gasteiger partial charge on any atom is 0.334 e. The number of rotatable bonds is 8. The van der Waals surface area contributed by atoms with Gasteiger partial charge in [-0.2, -0.15) is 0 Å². The van der Waals surface area contributed by atoms with Gasteiger partial charge < -0.3 is 14.2 Å². The molecule has 0 bridgehead atoms. The summed E-state index contributed by atoms with van der Waals surface area (Å²) in [5, 5.41) is 9.11. The van der Waals surface area contributed by atoms with E-state index in [1.165, 1.54) is 0 Å². The van der Waals surface area contributed by atoms with Gasteiger partial charge in [-0.05, 0) is 44.9 Å². The van der Waals surface area contributed by atoms with Crippen molar-refractivity contribution >= 4 is 13.7 Å². The van der Waals surface area contributed by atoms with E-state index in [1.807, 2.05) is 58.0 Å². The Hall–Kier alpha value is -0.930. The van der Waals surface area contributed by atoms with Gasteiger partial charge in [0.05, 0.1) is 25.0 Å². The molecule has 0 aliphatic heterocycles. The molecule has 0 aliphatic rings. The van der Waals surface area contributed by atoms with E-state index >= 15 is 0 Å². The molecule has 1 aromatic carbocycles. The predicted octanol–water partition coefficient (Wildman–Crippen LogP) is 4.24. The van der Waals surface area contributed by atoms with Crippen LogP contribution in [0.1, 0.15) is 38.8 Å². The van der Waals surface area contributed by atoms with Crippen molar-refractivity contribution in [2.75, 3.05) is 6.16 Å². The van der Waals surface area contributed by atoms with E-state index in [1.54, 1.807) is 6.08 Å². The molecule has 4 nitrogen and oxygen atoms in total. The van der Waals surface area contributed by atoms with Gasteiger partial charge >= 0.3 is 7.60 Å². The molecule has 0 radical (unpaired) electrons. The van der Waals surface area contributed by atoms with Crippen LogP contribution < -0.4 is 0 Å². The van der Waals surface area contributed by atoms with Gasteiger partial charge in [-0.25, -0.2) is 0 Å². The van der Waals surface area contributed by atoms with Gasteiger partial charge in [-0.15, -0.1) is 0 Å². The maximum absolute atomic E-state index is 12.6. The zero-order chi connectivity index (χ0) is 15.9. The van der Waals surface area contributed by atoms with Crippen LogP contribution in [-0.2, 0) is 20.2 Å². The number of hydrogen-bond donors (Lipinski definition) is 1. The van der Waals surface area contributed by atoms with Crippen molar-refractivity contribution in [3.63, 3.8) is 0 Å². The summed E-state index contributed by atoms with van der Waals surface area (Å²) < 4.78 is 23.6. The molecule has 5 heteroatoms. The van der Waals surface area contributed by atoms with Gasteiger partial charge in [0.15, 0.2) is 0 Å². The minimum atomic E-state index is -3.12. The Kier molecular flexibility index (Phi) is 7.33. The smallest absolute Gasteiger partial charge is 0.334 e. The summed E-state index contributed by atoms with van der Waals surface area (Å²) in [6.07, 6.45) is 3.58. The molecule has 1 aromatic rings. The number of aliphatic hydroxyl groups excluding tert-OH is 1. The molecule has 0 saturated heterocycles. The molecule has 0 heterocycles. The zero-order valence-electron chi connectivity index (χ0n) is 13.2. The molecule has 0 saturated carbocycles. The fraction of sp³-hybridized carbons (Fsp3) is 0.500. The largest absolute Gasteiger partial charge is 0.392 e. The molecule has 21 heavy (non-hydrogen) atoms. The second kappa shape index (κ2) is 8.50. The van der Waals surface area contributed by atoms with Gasteiger partial charge in [0.25, 0.3) is 0 Å². The van der Waals surface area contributed by atoms with Crippen molar-refractivity contribution in [3.05, 3.63) is 41.5 Å². The van der Waals surface area contributed by atoms with Gasteiger partial charge in [-0.1, -0.05) is 30.4 Å². The van der Waals surface area contributed by atoms with Crippen LogP contribution >= 0.6 is 7.60 Å². The average Bonchev–Trinajstić information content (AvgIpc) is 2.36. The topological polar surface area (TPSA) is 55.8 Å². The molecule has 1 N–H and O–H groups in total. The molecule has 1 rings (SSSR count).